The molecule has 18 heavy (non-hydrogen) atoms. The van der Waals surface area contributed by atoms with E-state index in [9.17, 15) is 4.79 Å². The number of hydrogen-bond donors (Lipinski definition) is 0. The Balaban J connectivity index is 2.57. The van der Waals surface area contributed by atoms with Crippen molar-refractivity contribution in [2.75, 3.05) is 7.11 Å². The Bertz CT molecular complexity index is 574. The van der Waals surface area contributed by atoms with Crippen LogP contribution < -0.4 is 0 Å². The minimum Gasteiger partial charge on any atom is -0.465 e. The van der Waals surface area contributed by atoms with Gasteiger partial charge in [-0.15, -0.1) is 0 Å². The highest BCUT2D eigenvalue weighted by Crippen LogP contribution is 2.28. The number of hydrogen-bond acceptors (Lipinski definition) is 2. The topological polar surface area (TPSA) is 26.3 Å². The van der Waals surface area contributed by atoms with Gasteiger partial charge in [0, 0.05) is 4.47 Å². The Kier molecular flexibility index (Phi) is 3.82. The Labute approximate surface area is 115 Å². The molecule has 0 aliphatic heterocycles. The van der Waals surface area contributed by atoms with Gasteiger partial charge in [-0.05, 0) is 36.2 Å². The van der Waals surface area contributed by atoms with Crippen molar-refractivity contribution >= 4 is 21.9 Å². The average molecular weight is 305 g/mol. The lowest BCUT2D eigenvalue weighted by Gasteiger charge is -2.09. The van der Waals surface area contributed by atoms with Crippen molar-refractivity contribution < 1.29 is 9.53 Å². The van der Waals surface area contributed by atoms with E-state index in [0.717, 1.165) is 15.6 Å². The molecule has 0 radical (unpaired) electrons. The van der Waals surface area contributed by atoms with Gasteiger partial charge < -0.3 is 4.74 Å². The van der Waals surface area contributed by atoms with E-state index >= 15 is 0 Å². The molecule has 0 atom stereocenters. The van der Waals surface area contributed by atoms with Crippen molar-refractivity contribution in [3.63, 3.8) is 0 Å². The van der Waals surface area contributed by atoms with E-state index in [-0.39, 0.29) is 5.97 Å². The zero-order valence-corrected chi connectivity index (χ0v) is 11.8. The fourth-order valence-electron chi connectivity index (χ4n) is 1.78. The van der Waals surface area contributed by atoms with E-state index in [1.165, 1.54) is 12.7 Å². The number of esters is 1. The fraction of sp³-hybridized carbons (Fsp3) is 0.133. The molecule has 0 unspecified atom stereocenters. The number of methoxy groups -OCH3 is 1. The maximum atomic E-state index is 11.7. The van der Waals surface area contributed by atoms with Crippen LogP contribution in [0.15, 0.2) is 46.9 Å². The van der Waals surface area contributed by atoms with Gasteiger partial charge in [0.15, 0.2) is 0 Å². The lowest BCUT2D eigenvalue weighted by atomic mass is 9.99. The Morgan fingerprint density at radius 3 is 2.39 bits per heavy atom. The molecule has 2 aromatic rings. The molecule has 2 rings (SSSR count). The van der Waals surface area contributed by atoms with Gasteiger partial charge in [0.25, 0.3) is 0 Å². The molecule has 0 fully saturated rings. The first-order valence-electron chi connectivity index (χ1n) is 5.56. The first kappa shape index (κ1) is 12.8. The summed E-state index contributed by atoms with van der Waals surface area (Å²) >= 11 is 3.43. The maximum absolute atomic E-state index is 11.7. The standard InChI is InChI=1S/C15H13BrO2/c1-10-3-5-11(6-4-10)14-9-12(16)7-8-13(14)15(17)18-2/h3-9H,1-2H3. The summed E-state index contributed by atoms with van der Waals surface area (Å²) < 4.78 is 5.74. The van der Waals surface area contributed by atoms with Crippen LogP contribution in [0.4, 0.5) is 0 Å². The molecule has 3 heteroatoms. The van der Waals surface area contributed by atoms with Gasteiger partial charge in [0.2, 0.25) is 0 Å². The summed E-state index contributed by atoms with van der Waals surface area (Å²) in [6.07, 6.45) is 0. The molecule has 0 N–H and O–H groups in total. The quantitative estimate of drug-likeness (QED) is 0.777. The second kappa shape index (κ2) is 5.36. The van der Waals surface area contributed by atoms with Gasteiger partial charge in [-0.1, -0.05) is 45.8 Å². The summed E-state index contributed by atoms with van der Waals surface area (Å²) in [4.78, 5) is 11.7. The van der Waals surface area contributed by atoms with Crippen LogP contribution in [-0.4, -0.2) is 13.1 Å². The van der Waals surface area contributed by atoms with Crippen LogP contribution in [0.2, 0.25) is 0 Å². The molecular weight excluding hydrogens is 292 g/mol. The van der Waals surface area contributed by atoms with Crippen LogP contribution in [0.5, 0.6) is 0 Å². The molecule has 0 aliphatic rings. The zero-order chi connectivity index (χ0) is 13.1. The molecule has 0 aromatic heterocycles. The predicted octanol–water partition coefficient (Wildman–Crippen LogP) is 4.21. The normalized spacial score (nSPS) is 10.2. The van der Waals surface area contributed by atoms with E-state index in [2.05, 4.69) is 15.9 Å². The van der Waals surface area contributed by atoms with Gasteiger partial charge in [0.05, 0.1) is 12.7 Å². The maximum Gasteiger partial charge on any atom is 0.338 e. The van der Waals surface area contributed by atoms with Gasteiger partial charge in [-0.2, -0.15) is 0 Å². The predicted molar refractivity (Wildman–Crippen MR) is 75.7 cm³/mol. The largest absolute Gasteiger partial charge is 0.465 e. The summed E-state index contributed by atoms with van der Waals surface area (Å²) in [6, 6.07) is 13.6. The van der Waals surface area contributed by atoms with Crippen LogP contribution >= 0.6 is 15.9 Å². The highest BCUT2D eigenvalue weighted by Gasteiger charge is 2.13. The second-order valence-electron chi connectivity index (χ2n) is 4.05. The number of carbonyl (C=O) groups excluding carboxylic acids is 1. The third-order valence-electron chi connectivity index (χ3n) is 2.75. The molecule has 2 nitrogen and oxygen atoms in total. The Hall–Kier alpha value is -1.61. The van der Waals surface area contributed by atoms with Crippen molar-refractivity contribution in [3.8, 4) is 11.1 Å². The first-order valence-corrected chi connectivity index (χ1v) is 6.36. The second-order valence-corrected chi connectivity index (χ2v) is 4.96. The first-order chi connectivity index (χ1) is 8.61. The van der Waals surface area contributed by atoms with E-state index in [1.54, 1.807) is 6.07 Å². The summed E-state index contributed by atoms with van der Waals surface area (Å²) in [5.74, 6) is -0.321. The number of carbonyl (C=O) groups is 1. The minimum absolute atomic E-state index is 0.321. The molecule has 0 amide bonds. The van der Waals surface area contributed by atoms with Crippen molar-refractivity contribution in [2.24, 2.45) is 0 Å². The zero-order valence-electron chi connectivity index (χ0n) is 10.2. The minimum atomic E-state index is -0.321. The third kappa shape index (κ3) is 2.62. The SMILES string of the molecule is COC(=O)c1ccc(Br)cc1-c1ccc(C)cc1. The van der Waals surface area contributed by atoms with E-state index in [0.29, 0.717) is 5.56 Å². The van der Waals surface area contributed by atoms with Gasteiger partial charge in [-0.25, -0.2) is 4.79 Å². The van der Waals surface area contributed by atoms with Crippen LogP contribution in [0, 0.1) is 6.92 Å². The van der Waals surface area contributed by atoms with Gasteiger partial charge in [0.1, 0.15) is 0 Å². The molecule has 0 saturated heterocycles. The highest BCUT2D eigenvalue weighted by molar-refractivity contribution is 9.10. The van der Waals surface area contributed by atoms with Crippen LogP contribution in [0.1, 0.15) is 15.9 Å². The molecule has 0 heterocycles. The number of rotatable bonds is 2. The molecular formula is C15H13BrO2. The lowest BCUT2D eigenvalue weighted by Crippen LogP contribution is -2.03. The summed E-state index contributed by atoms with van der Waals surface area (Å²) in [6.45, 7) is 2.03. The van der Waals surface area contributed by atoms with Crippen molar-refractivity contribution in [2.45, 2.75) is 6.92 Å². The molecule has 2 aromatic carbocycles. The van der Waals surface area contributed by atoms with E-state index in [1.807, 2.05) is 43.3 Å². The summed E-state index contributed by atoms with van der Waals surface area (Å²) in [7, 11) is 1.39. The van der Waals surface area contributed by atoms with E-state index in [4.69, 9.17) is 4.74 Å². The van der Waals surface area contributed by atoms with E-state index < -0.39 is 0 Å². The molecule has 0 spiro atoms. The summed E-state index contributed by atoms with van der Waals surface area (Å²) in [5, 5.41) is 0. The van der Waals surface area contributed by atoms with Crippen LogP contribution in [0.25, 0.3) is 11.1 Å². The molecule has 0 bridgehead atoms. The van der Waals surface area contributed by atoms with Crippen molar-refractivity contribution in [1.29, 1.82) is 0 Å². The summed E-state index contributed by atoms with van der Waals surface area (Å²) in [5.41, 5.74) is 3.64. The van der Waals surface area contributed by atoms with Gasteiger partial charge >= 0.3 is 5.97 Å². The monoisotopic (exact) mass is 304 g/mol. The third-order valence-corrected chi connectivity index (χ3v) is 3.24. The van der Waals surface area contributed by atoms with Crippen molar-refractivity contribution in [1.82, 2.24) is 0 Å². The number of aryl methyl sites for hydroxylation is 1. The van der Waals surface area contributed by atoms with Crippen LogP contribution in [-0.2, 0) is 4.74 Å². The fourth-order valence-corrected chi connectivity index (χ4v) is 2.14. The molecule has 92 valence electrons. The number of halogens is 1. The average Bonchev–Trinajstić information content (AvgIpc) is 2.38. The highest BCUT2D eigenvalue weighted by atomic mass is 79.9. The lowest BCUT2D eigenvalue weighted by molar-refractivity contribution is 0.0601. The van der Waals surface area contributed by atoms with Crippen LogP contribution in [0.3, 0.4) is 0 Å². The smallest absolute Gasteiger partial charge is 0.338 e. The van der Waals surface area contributed by atoms with Crippen molar-refractivity contribution in [3.05, 3.63) is 58.1 Å². The Morgan fingerprint density at radius 1 is 1.11 bits per heavy atom. The number of benzene rings is 2. The molecule has 0 saturated carbocycles. The number of ether oxygens (including phenoxy) is 1. The van der Waals surface area contributed by atoms with Gasteiger partial charge in [-0.3, -0.25) is 0 Å². The Morgan fingerprint density at radius 2 is 1.78 bits per heavy atom. The molecule has 0 aliphatic carbocycles.